The molecule has 2 heterocycles. The molecule has 5 N–H and O–H groups in total. The number of aliphatic hydroxyl groups is 1. The van der Waals surface area contributed by atoms with Crippen LogP contribution in [0.1, 0.15) is 18.2 Å². The first-order valence-corrected chi connectivity index (χ1v) is 9.80. The minimum atomic E-state index is -5.26. The average molecular weight is 448 g/mol. The van der Waals surface area contributed by atoms with E-state index in [0.717, 1.165) is 4.57 Å². The molecular formula is C10H16N2Na2O11P2. The number of aryl methyl sites for hydroxylation is 1. The van der Waals surface area contributed by atoms with Crippen LogP contribution in [0.3, 0.4) is 0 Å². The number of aliphatic hydroxyl groups excluding tert-OH is 1. The number of rotatable bonds is 6. The summed E-state index contributed by atoms with van der Waals surface area (Å²) < 4.78 is 36.3. The molecule has 0 saturated carbocycles. The fourth-order valence-electron chi connectivity index (χ4n) is 2.16. The van der Waals surface area contributed by atoms with E-state index in [4.69, 9.17) is 14.5 Å². The molecule has 1 aliphatic heterocycles. The van der Waals surface area contributed by atoms with Gasteiger partial charge in [0.1, 0.15) is 12.3 Å². The summed E-state index contributed by atoms with van der Waals surface area (Å²) in [6.45, 7) is 0.727. The van der Waals surface area contributed by atoms with Crippen LogP contribution in [0.5, 0.6) is 0 Å². The Morgan fingerprint density at radius 1 is 1.30 bits per heavy atom. The van der Waals surface area contributed by atoms with Crippen LogP contribution < -0.4 is 11.2 Å². The molecule has 2 radical (unpaired) electrons. The van der Waals surface area contributed by atoms with Gasteiger partial charge in [0.05, 0.1) is 12.7 Å². The normalized spacial score (nSPS) is 24.6. The molecule has 1 aliphatic rings. The Morgan fingerprint density at radius 3 is 2.44 bits per heavy atom. The summed E-state index contributed by atoms with van der Waals surface area (Å²) in [5.74, 6) is 0. The second kappa shape index (κ2) is 10.8. The van der Waals surface area contributed by atoms with Crippen molar-refractivity contribution in [2.75, 3.05) is 6.61 Å². The van der Waals surface area contributed by atoms with E-state index >= 15 is 0 Å². The average Bonchev–Trinajstić information content (AvgIpc) is 2.79. The number of H-pyrrole nitrogens is 1. The number of ether oxygens (including phenoxy) is 1. The fourth-order valence-corrected chi connectivity index (χ4v) is 3.76. The molecule has 144 valence electrons. The van der Waals surface area contributed by atoms with E-state index in [2.05, 4.69) is 13.8 Å². The first-order valence-electron chi connectivity index (χ1n) is 6.78. The van der Waals surface area contributed by atoms with E-state index in [1.54, 1.807) is 0 Å². The number of nitrogens with one attached hydrogen (secondary N) is 1. The Bertz CT molecular complexity index is 852. The maximum atomic E-state index is 11.8. The van der Waals surface area contributed by atoms with Crippen molar-refractivity contribution >= 4 is 74.8 Å². The van der Waals surface area contributed by atoms with Gasteiger partial charge >= 0.3 is 21.3 Å². The van der Waals surface area contributed by atoms with Gasteiger partial charge in [-0.1, -0.05) is 0 Å². The molecular weight excluding hydrogens is 432 g/mol. The molecule has 2 rings (SSSR count). The number of hydrogen-bond acceptors (Lipinski definition) is 8. The van der Waals surface area contributed by atoms with E-state index in [1.165, 1.54) is 13.1 Å². The van der Waals surface area contributed by atoms with E-state index < -0.39 is 51.9 Å². The van der Waals surface area contributed by atoms with Gasteiger partial charge < -0.3 is 24.5 Å². The quantitative estimate of drug-likeness (QED) is 0.237. The smallest absolute Gasteiger partial charge is 0.390 e. The molecule has 0 amide bonds. The maximum absolute atomic E-state index is 11.8. The summed E-state index contributed by atoms with van der Waals surface area (Å²) in [6.07, 6.45) is -2.22. The van der Waals surface area contributed by atoms with Crippen molar-refractivity contribution in [2.45, 2.75) is 31.8 Å². The zero-order valence-corrected chi connectivity index (χ0v) is 20.5. The predicted molar refractivity (Wildman–Crippen MR) is 91.0 cm³/mol. The fraction of sp³-hybridized carbons (Fsp3) is 0.600. The third-order valence-electron chi connectivity index (χ3n) is 3.27. The monoisotopic (exact) mass is 448 g/mol. The third kappa shape index (κ3) is 8.25. The second-order valence-electron chi connectivity index (χ2n) is 5.25. The Kier molecular flexibility index (Phi) is 11.1. The maximum Gasteiger partial charge on any atom is 0.481 e. The topological polar surface area (TPSA) is 198 Å². The van der Waals surface area contributed by atoms with Crippen molar-refractivity contribution in [2.24, 2.45) is 0 Å². The van der Waals surface area contributed by atoms with Crippen molar-refractivity contribution in [3.8, 4) is 0 Å². The van der Waals surface area contributed by atoms with Crippen LogP contribution in [-0.2, 0) is 22.7 Å². The number of hydrogen-bond donors (Lipinski definition) is 5. The number of phosphoric acid groups is 2. The Morgan fingerprint density at radius 2 is 1.89 bits per heavy atom. The number of aromatic amines is 1. The molecule has 0 aromatic carbocycles. The molecule has 17 heteroatoms. The van der Waals surface area contributed by atoms with E-state index in [0.29, 0.717) is 0 Å². The molecule has 0 aliphatic carbocycles. The molecule has 1 fully saturated rings. The summed E-state index contributed by atoms with van der Waals surface area (Å²) in [5.41, 5.74) is -1.12. The number of nitrogens with zero attached hydrogens (tertiary/aromatic N) is 1. The van der Waals surface area contributed by atoms with Crippen LogP contribution in [0.15, 0.2) is 15.8 Å². The Labute approximate surface area is 196 Å². The molecule has 4 atom stereocenters. The van der Waals surface area contributed by atoms with Crippen LogP contribution in [0.25, 0.3) is 0 Å². The Hall–Kier alpha value is 0.860. The van der Waals surface area contributed by atoms with Crippen LogP contribution in [0, 0.1) is 6.92 Å². The molecule has 0 bridgehead atoms. The number of aromatic nitrogens is 2. The molecule has 13 nitrogen and oxygen atoms in total. The SMILES string of the molecule is Cc1cn([C@H]2C[C@H](O)[C@@H](COP(=O)(O)OP(=O)(O)O)O2)c(=O)[nH]c1=O.[Na].[Na]. The zero-order valence-electron chi connectivity index (χ0n) is 14.7. The van der Waals surface area contributed by atoms with Crippen molar-refractivity contribution in [1.29, 1.82) is 0 Å². The van der Waals surface area contributed by atoms with Gasteiger partial charge in [-0.05, 0) is 6.92 Å². The Balaban J connectivity index is 0.00000338. The predicted octanol–water partition coefficient (Wildman–Crippen LogP) is -2.04. The van der Waals surface area contributed by atoms with Gasteiger partial charge in [0, 0.05) is 77.3 Å². The van der Waals surface area contributed by atoms with Crippen molar-refractivity contribution in [3.05, 3.63) is 32.6 Å². The van der Waals surface area contributed by atoms with Crippen molar-refractivity contribution in [1.82, 2.24) is 9.55 Å². The van der Waals surface area contributed by atoms with Gasteiger partial charge in [0.15, 0.2) is 0 Å². The minimum absolute atomic E-state index is 0. The molecule has 1 aromatic rings. The van der Waals surface area contributed by atoms with Gasteiger partial charge in [-0.25, -0.2) is 13.9 Å². The number of phosphoric ester groups is 1. The van der Waals surface area contributed by atoms with Gasteiger partial charge in [-0.2, -0.15) is 4.31 Å². The summed E-state index contributed by atoms with van der Waals surface area (Å²) in [6, 6.07) is 0. The van der Waals surface area contributed by atoms with E-state index in [9.17, 15) is 28.7 Å². The van der Waals surface area contributed by atoms with Crippen molar-refractivity contribution < 1.29 is 42.5 Å². The van der Waals surface area contributed by atoms with Crippen molar-refractivity contribution in [3.63, 3.8) is 0 Å². The van der Waals surface area contributed by atoms with Gasteiger partial charge in [-0.3, -0.25) is 18.9 Å². The van der Waals surface area contributed by atoms with E-state index in [1.807, 2.05) is 0 Å². The minimum Gasteiger partial charge on any atom is -0.390 e. The van der Waals surface area contributed by atoms with Gasteiger partial charge in [0.2, 0.25) is 0 Å². The molecule has 1 unspecified atom stereocenters. The third-order valence-corrected chi connectivity index (χ3v) is 5.42. The van der Waals surface area contributed by atoms with Crippen LogP contribution >= 0.6 is 15.6 Å². The van der Waals surface area contributed by atoms with E-state index in [-0.39, 0.29) is 71.1 Å². The largest absolute Gasteiger partial charge is 0.481 e. The summed E-state index contributed by atoms with van der Waals surface area (Å²) in [5, 5.41) is 9.91. The van der Waals surface area contributed by atoms with Gasteiger partial charge in [-0.15, -0.1) is 0 Å². The first kappa shape index (κ1) is 27.9. The standard InChI is InChI=1S/C10H16N2O11P2.2Na/c1-5-3-12(10(15)11-9(5)14)8-2-6(13)7(22-8)4-21-25(19,20)23-24(16,17)18;;/h3,6-8,13H,2,4H2,1H3,(H,19,20)(H,11,14,15)(H2,16,17,18);;/t6-,7+,8+;;/m0../s1. The van der Waals surface area contributed by atoms with Gasteiger partial charge in [0.25, 0.3) is 5.56 Å². The summed E-state index contributed by atoms with van der Waals surface area (Å²) in [4.78, 5) is 51.4. The molecule has 0 spiro atoms. The first-order chi connectivity index (χ1) is 11.4. The summed E-state index contributed by atoms with van der Waals surface area (Å²) >= 11 is 0. The molecule has 27 heavy (non-hydrogen) atoms. The second-order valence-corrected chi connectivity index (χ2v) is 8.08. The summed E-state index contributed by atoms with van der Waals surface area (Å²) in [7, 11) is -10.3. The zero-order chi connectivity index (χ0) is 19.0. The molecule has 1 saturated heterocycles. The van der Waals surface area contributed by atoms with Crippen LogP contribution in [-0.4, -0.2) is 107 Å². The van der Waals surface area contributed by atoms with Crippen LogP contribution in [0.2, 0.25) is 0 Å². The molecule has 1 aromatic heterocycles. The van der Waals surface area contributed by atoms with Crippen LogP contribution in [0.4, 0.5) is 0 Å².